The van der Waals surface area contributed by atoms with E-state index < -0.39 is 17.6 Å². The van der Waals surface area contributed by atoms with E-state index in [0.717, 1.165) is 37.2 Å². The molecule has 1 aliphatic rings. The maximum Gasteiger partial charge on any atom is 0.416 e. The number of carbonyl (C=O) groups excluding carboxylic acids is 2. The highest BCUT2D eigenvalue weighted by atomic mass is 19.4. The molecule has 0 aromatic heterocycles. The molecule has 1 aromatic carbocycles. The summed E-state index contributed by atoms with van der Waals surface area (Å²) in [6.07, 6.45) is -3.52. The molecular formula is C16H20F3N3O2. The van der Waals surface area contributed by atoms with Crippen molar-refractivity contribution in [2.75, 3.05) is 33.2 Å². The summed E-state index contributed by atoms with van der Waals surface area (Å²) in [6, 6.07) is 3.89. The predicted octanol–water partition coefficient (Wildman–Crippen LogP) is 1.50. The van der Waals surface area contributed by atoms with Crippen molar-refractivity contribution in [1.82, 2.24) is 15.5 Å². The number of hydrogen-bond acceptors (Lipinski definition) is 3. The van der Waals surface area contributed by atoms with Gasteiger partial charge in [0.1, 0.15) is 0 Å². The lowest BCUT2D eigenvalue weighted by Gasteiger charge is -2.17. The Labute approximate surface area is 138 Å². The van der Waals surface area contributed by atoms with Crippen molar-refractivity contribution in [3.8, 4) is 0 Å². The van der Waals surface area contributed by atoms with Crippen molar-refractivity contribution >= 4 is 11.8 Å². The average molecular weight is 343 g/mol. The maximum absolute atomic E-state index is 12.5. The number of carbonyl (C=O) groups is 2. The molecule has 5 nitrogen and oxygen atoms in total. The smallest absolute Gasteiger partial charge is 0.343 e. The number of nitrogens with zero attached hydrogens (tertiary/aromatic N) is 1. The summed E-state index contributed by atoms with van der Waals surface area (Å²) in [5, 5.41) is 5.52. The highest BCUT2D eigenvalue weighted by Crippen LogP contribution is 2.29. The van der Waals surface area contributed by atoms with Crippen LogP contribution in [0.4, 0.5) is 13.2 Å². The van der Waals surface area contributed by atoms with Crippen LogP contribution >= 0.6 is 0 Å². The Kier molecular flexibility index (Phi) is 5.82. The molecule has 1 saturated heterocycles. The molecule has 1 fully saturated rings. The third-order valence-electron chi connectivity index (χ3n) is 4.01. The van der Waals surface area contributed by atoms with Crippen LogP contribution in [-0.2, 0) is 11.0 Å². The summed E-state index contributed by atoms with van der Waals surface area (Å²) in [5.41, 5.74) is -0.729. The lowest BCUT2D eigenvalue weighted by atomic mass is 10.1. The van der Waals surface area contributed by atoms with Crippen molar-refractivity contribution < 1.29 is 22.8 Å². The van der Waals surface area contributed by atoms with Gasteiger partial charge in [0.15, 0.2) is 0 Å². The van der Waals surface area contributed by atoms with Gasteiger partial charge in [0.2, 0.25) is 5.91 Å². The van der Waals surface area contributed by atoms with E-state index in [0.29, 0.717) is 19.0 Å². The Balaban J connectivity index is 1.83. The van der Waals surface area contributed by atoms with Crippen LogP contribution in [0.25, 0.3) is 0 Å². The van der Waals surface area contributed by atoms with E-state index in [1.807, 2.05) is 7.05 Å². The van der Waals surface area contributed by atoms with E-state index >= 15 is 0 Å². The van der Waals surface area contributed by atoms with Gasteiger partial charge >= 0.3 is 6.18 Å². The first-order chi connectivity index (χ1) is 11.3. The fourth-order valence-corrected chi connectivity index (χ4v) is 2.69. The number of likely N-dealkylation sites (tertiary alicyclic amines) is 1. The van der Waals surface area contributed by atoms with E-state index in [1.54, 1.807) is 4.90 Å². The quantitative estimate of drug-likeness (QED) is 0.852. The van der Waals surface area contributed by atoms with Crippen molar-refractivity contribution in [2.45, 2.75) is 12.6 Å². The fourth-order valence-electron chi connectivity index (χ4n) is 2.69. The van der Waals surface area contributed by atoms with Crippen molar-refractivity contribution in [1.29, 1.82) is 0 Å². The third-order valence-corrected chi connectivity index (χ3v) is 4.01. The zero-order valence-electron chi connectivity index (χ0n) is 13.3. The monoisotopic (exact) mass is 343 g/mol. The van der Waals surface area contributed by atoms with Gasteiger partial charge in [-0.15, -0.1) is 0 Å². The minimum atomic E-state index is -4.44. The van der Waals surface area contributed by atoms with Crippen LogP contribution in [0.5, 0.6) is 0 Å². The first-order valence-electron chi connectivity index (χ1n) is 7.69. The Morgan fingerprint density at radius 3 is 2.50 bits per heavy atom. The zero-order valence-corrected chi connectivity index (χ0v) is 13.3. The molecule has 8 heteroatoms. The van der Waals surface area contributed by atoms with Crippen molar-refractivity contribution in [3.63, 3.8) is 0 Å². The van der Waals surface area contributed by atoms with Crippen LogP contribution in [0.15, 0.2) is 24.3 Å². The lowest BCUT2D eigenvalue weighted by molar-refractivity contribution is -0.137. The lowest BCUT2D eigenvalue weighted by Crippen LogP contribution is -2.39. The number of halogens is 3. The molecule has 1 heterocycles. The number of benzene rings is 1. The van der Waals surface area contributed by atoms with Crippen molar-refractivity contribution in [2.24, 2.45) is 5.92 Å². The van der Waals surface area contributed by atoms with Crippen LogP contribution in [0.1, 0.15) is 22.3 Å². The van der Waals surface area contributed by atoms with Gasteiger partial charge in [-0.2, -0.15) is 13.2 Å². The second kappa shape index (κ2) is 7.65. The average Bonchev–Trinajstić information content (AvgIpc) is 3.00. The van der Waals surface area contributed by atoms with Gasteiger partial charge in [-0.05, 0) is 50.2 Å². The summed E-state index contributed by atoms with van der Waals surface area (Å²) in [4.78, 5) is 25.7. The molecule has 0 bridgehead atoms. The van der Waals surface area contributed by atoms with E-state index in [-0.39, 0.29) is 18.0 Å². The SMILES string of the molecule is CNCC1CCN(C(=O)CNC(=O)c2ccc(C(F)(F)F)cc2)C1. The van der Waals surface area contributed by atoms with E-state index in [4.69, 9.17) is 0 Å². The number of alkyl halides is 3. The second-order valence-corrected chi connectivity index (χ2v) is 5.81. The molecule has 0 aliphatic carbocycles. The first kappa shape index (κ1) is 18.3. The first-order valence-corrected chi connectivity index (χ1v) is 7.69. The Morgan fingerprint density at radius 1 is 1.25 bits per heavy atom. The normalized spacial score (nSPS) is 17.8. The van der Waals surface area contributed by atoms with Gasteiger partial charge < -0.3 is 15.5 Å². The zero-order chi connectivity index (χ0) is 17.7. The van der Waals surface area contributed by atoms with Crippen LogP contribution < -0.4 is 10.6 Å². The number of rotatable bonds is 5. The molecule has 1 atom stereocenters. The van der Waals surface area contributed by atoms with Crippen LogP contribution in [0.2, 0.25) is 0 Å². The topological polar surface area (TPSA) is 61.4 Å². The Morgan fingerprint density at radius 2 is 1.92 bits per heavy atom. The summed E-state index contributed by atoms with van der Waals surface area (Å²) >= 11 is 0. The molecule has 0 saturated carbocycles. The number of nitrogens with one attached hydrogen (secondary N) is 2. The molecule has 2 amide bonds. The number of amides is 2. The van der Waals surface area contributed by atoms with Crippen molar-refractivity contribution in [3.05, 3.63) is 35.4 Å². The van der Waals surface area contributed by atoms with Gasteiger partial charge in [0, 0.05) is 18.7 Å². The fraction of sp³-hybridized carbons (Fsp3) is 0.500. The summed E-state index contributed by atoms with van der Waals surface area (Å²) < 4.78 is 37.4. The molecule has 24 heavy (non-hydrogen) atoms. The summed E-state index contributed by atoms with van der Waals surface area (Å²) in [5.74, 6) is -0.346. The molecule has 1 unspecified atom stereocenters. The van der Waals surface area contributed by atoms with E-state index in [2.05, 4.69) is 10.6 Å². The highest BCUT2D eigenvalue weighted by Gasteiger charge is 2.30. The third kappa shape index (κ3) is 4.70. The van der Waals surface area contributed by atoms with Crippen LogP contribution in [-0.4, -0.2) is 49.9 Å². The Hall–Kier alpha value is -2.09. The minimum Gasteiger partial charge on any atom is -0.343 e. The van der Waals surface area contributed by atoms with Crippen LogP contribution in [0, 0.1) is 5.92 Å². The molecular weight excluding hydrogens is 323 g/mol. The number of hydrogen-bond donors (Lipinski definition) is 2. The van der Waals surface area contributed by atoms with Gasteiger partial charge in [0.25, 0.3) is 5.91 Å². The molecule has 1 aromatic rings. The van der Waals surface area contributed by atoms with E-state index in [9.17, 15) is 22.8 Å². The van der Waals surface area contributed by atoms with E-state index in [1.165, 1.54) is 0 Å². The van der Waals surface area contributed by atoms with Gasteiger partial charge in [-0.1, -0.05) is 0 Å². The van der Waals surface area contributed by atoms with Gasteiger partial charge in [-0.25, -0.2) is 0 Å². The molecule has 0 radical (unpaired) electrons. The highest BCUT2D eigenvalue weighted by molar-refractivity contribution is 5.96. The van der Waals surface area contributed by atoms with Gasteiger partial charge in [0.05, 0.1) is 12.1 Å². The molecule has 2 N–H and O–H groups in total. The molecule has 1 aliphatic heterocycles. The van der Waals surface area contributed by atoms with Crippen LogP contribution in [0.3, 0.4) is 0 Å². The maximum atomic E-state index is 12.5. The second-order valence-electron chi connectivity index (χ2n) is 5.81. The standard InChI is InChI=1S/C16H20F3N3O2/c1-20-8-11-6-7-22(10-11)14(23)9-21-15(24)12-2-4-13(5-3-12)16(17,18)19/h2-5,11,20H,6-10H2,1H3,(H,21,24). The molecule has 2 rings (SSSR count). The Bertz CT molecular complexity index is 587. The molecule has 132 valence electrons. The molecule has 0 spiro atoms. The largest absolute Gasteiger partial charge is 0.416 e. The summed E-state index contributed by atoms with van der Waals surface area (Å²) in [6.45, 7) is 1.98. The predicted molar refractivity (Wildman–Crippen MR) is 82.4 cm³/mol. The van der Waals surface area contributed by atoms with Gasteiger partial charge in [-0.3, -0.25) is 9.59 Å². The summed E-state index contributed by atoms with van der Waals surface area (Å²) in [7, 11) is 1.86. The minimum absolute atomic E-state index is 0.0882.